The van der Waals surface area contributed by atoms with Gasteiger partial charge in [-0.1, -0.05) is 31.2 Å². The lowest BCUT2D eigenvalue weighted by Gasteiger charge is -2.33. The van der Waals surface area contributed by atoms with Crippen molar-refractivity contribution in [2.45, 2.75) is 38.3 Å². The number of hydrogen-bond acceptors (Lipinski definition) is 2. The van der Waals surface area contributed by atoms with E-state index in [1.807, 2.05) is 0 Å². The Hall–Kier alpha value is -0.860. The van der Waals surface area contributed by atoms with Crippen LogP contribution < -0.4 is 5.32 Å². The van der Waals surface area contributed by atoms with E-state index in [-0.39, 0.29) is 0 Å². The van der Waals surface area contributed by atoms with Crippen LogP contribution in [0.4, 0.5) is 0 Å². The predicted octanol–water partition coefficient (Wildman–Crippen LogP) is 2.60. The van der Waals surface area contributed by atoms with Crippen molar-refractivity contribution in [3.8, 4) is 0 Å². The molecule has 0 radical (unpaired) electrons. The first-order valence-electron chi connectivity index (χ1n) is 6.73. The molecular weight excluding hydrogens is 208 g/mol. The van der Waals surface area contributed by atoms with Gasteiger partial charge in [-0.2, -0.15) is 0 Å². The summed E-state index contributed by atoms with van der Waals surface area (Å²) in [7, 11) is 4.33. The molecule has 2 rings (SSSR count). The van der Waals surface area contributed by atoms with Crippen molar-refractivity contribution in [3.63, 3.8) is 0 Å². The van der Waals surface area contributed by atoms with Crippen LogP contribution in [-0.2, 0) is 6.42 Å². The molecule has 1 aliphatic rings. The highest BCUT2D eigenvalue weighted by Crippen LogP contribution is 2.31. The molecule has 0 spiro atoms. The van der Waals surface area contributed by atoms with Gasteiger partial charge in [-0.15, -0.1) is 0 Å². The molecule has 1 aliphatic carbocycles. The lowest BCUT2D eigenvalue weighted by molar-refractivity contribution is 0.195. The lowest BCUT2D eigenvalue weighted by Crippen LogP contribution is -2.41. The molecule has 2 unspecified atom stereocenters. The Balaban J connectivity index is 2.34. The molecule has 0 fully saturated rings. The van der Waals surface area contributed by atoms with E-state index < -0.39 is 0 Å². The van der Waals surface area contributed by atoms with Crippen molar-refractivity contribution >= 4 is 0 Å². The van der Waals surface area contributed by atoms with Gasteiger partial charge >= 0.3 is 0 Å². The molecule has 0 aromatic heterocycles. The van der Waals surface area contributed by atoms with Crippen molar-refractivity contribution in [1.29, 1.82) is 0 Å². The fourth-order valence-electron chi connectivity index (χ4n) is 3.00. The molecule has 17 heavy (non-hydrogen) atoms. The molecule has 1 aromatic rings. The van der Waals surface area contributed by atoms with E-state index in [1.54, 1.807) is 0 Å². The lowest BCUT2D eigenvalue weighted by atomic mass is 9.95. The van der Waals surface area contributed by atoms with Crippen molar-refractivity contribution in [2.75, 3.05) is 20.6 Å². The van der Waals surface area contributed by atoms with Gasteiger partial charge < -0.3 is 10.2 Å². The average Bonchev–Trinajstić information content (AvgIpc) is 2.56. The first-order chi connectivity index (χ1) is 8.27. The molecule has 94 valence electrons. The monoisotopic (exact) mass is 232 g/mol. The number of benzene rings is 1. The Kier molecular flexibility index (Phi) is 4.19. The fourth-order valence-corrected chi connectivity index (χ4v) is 3.00. The molecule has 0 amide bonds. The Bertz CT molecular complexity index is 362. The first-order valence-corrected chi connectivity index (χ1v) is 6.73. The molecule has 0 saturated carbocycles. The van der Waals surface area contributed by atoms with Crippen LogP contribution >= 0.6 is 0 Å². The van der Waals surface area contributed by atoms with E-state index >= 15 is 0 Å². The summed E-state index contributed by atoms with van der Waals surface area (Å²) in [4.78, 5) is 2.48. The zero-order valence-corrected chi connectivity index (χ0v) is 11.2. The third kappa shape index (κ3) is 2.53. The van der Waals surface area contributed by atoms with Gasteiger partial charge in [-0.25, -0.2) is 0 Å². The third-order valence-electron chi connectivity index (χ3n) is 4.10. The number of fused-ring (bicyclic) bond motifs is 1. The highest BCUT2D eigenvalue weighted by molar-refractivity contribution is 5.32. The van der Waals surface area contributed by atoms with Crippen molar-refractivity contribution in [3.05, 3.63) is 35.4 Å². The van der Waals surface area contributed by atoms with Gasteiger partial charge in [0, 0.05) is 12.1 Å². The third-order valence-corrected chi connectivity index (χ3v) is 4.10. The second-order valence-electron chi connectivity index (χ2n) is 5.00. The number of aryl methyl sites for hydroxylation is 1. The SMILES string of the molecule is CCN(C)C1CCCc2ccccc2C1NC. The van der Waals surface area contributed by atoms with E-state index in [9.17, 15) is 0 Å². The van der Waals surface area contributed by atoms with Crippen molar-refractivity contribution in [1.82, 2.24) is 10.2 Å². The zero-order chi connectivity index (χ0) is 12.3. The summed E-state index contributed by atoms with van der Waals surface area (Å²) in [5.74, 6) is 0. The standard InChI is InChI=1S/C15H24N2/c1-4-17(3)14-11-7-9-12-8-5-6-10-13(12)15(14)16-2/h5-6,8,10,14-16H,4,7,9,11H2,1-3H3. The smallest absolute Gasteiger partial charge is 0.0478 e. The molecule has 2 nitrogen and oxygen atoms in total. The van der Waals surface area contributed by atoms with Crippen LogP contribution in [0.1, 0.15) is 36.9 Å². The number of nitrogens with one attached hydrogen (secondary N) is 1. The summed E-state index contributed by atoms with van der Waals surface area (Å²) in [5.41, 5.74) is 3.02. The zero-order valence-electron chi connectivity index (χ0n) is 11.2. The van der Waals surface area contributed by atoms with E-state index in [4.69, 9.17) is 0 Å². The average molecular weight is 232 g/mol. The van der Waals surface area contributed by atoms with E-state index in [2.05, 4.69) is 55.5 Å². The van der Waals surface area contributed by atoms with Crippen LogP contribution in [0.25, 0.3) is 0 Å². The molecule has 1 aromatic carbocycles. The molecule has 1 N–H and O–H groups in total. The van der Waals surface area contributed by atoms with E-state index in [0.29, 0.717) is 12.1 Å². The minimum atomic E-state index is 0.471. The summed E-state index contributed by atoms with van der Waals surface area (Å²) in [6.07, 6.45) is 3.80. The minimum absolute atomic E-state index is 0.471. The maximum Gasteiger partial charge on any atom is 0.0478 e. The summed E-state index contributed by atoms with van der Waals surface area (Å²) in [6.45, 7) is 3.36. The maximum atomic E-state index is 3.52. The molecule has 2 atom stereocenters. The Labute approximate surface area is 105 Å². The van der Waals surface area contributed by atoms with Crippen LogP contribution in [0.5, 0.6) is 0 Å². The minimum Gasteiger partial charge on any atom is -0.312 e. The van der Waals surface area contributed by atoms with Gasteiger partial charge in [0.05, 0.1) is 0 Å². The number of nitrogens with zero attached hydrogens (tertiary/aromatic N) is 1. The quantitative estimate of drug-likeness (QED) is 0.806. The highest BCUT2D eigenvalue weighted by atomic mass is 15.2. The van der Waals surface area contributed by atoms with Crippen LogP contribution in [0, 0.1) is 0 Å². The van der Waals surface area contributed by atoms with Crippen LogP contribution in [-0.4, -0.2) is 31.6 Å². The van der Waals surface area contributed by atoms with Crippen molar-refractivity contribution < 1.29 is 0 Å². The summed E-state index contributed by atoms with van der Waals surface area (Å²) in [6, 6.07) is 9.99. The topological polar surface area (TPSA) is 15.3 Å². The maximum absolute atomic E-state index is 3.52. The Morgan fingerprint density at radius 2 is 2.12 bits per heavy atom. The predicted molar refractivity (Wildman–Crippen MR) is 73.3 cm³/mol. The molecule has 0 heterocycles. The summed E-state index contributed by atoms with van der Waals surface area (Å²) >= 11 is 0. The van der Waals surface area contributed by atoms with Crippen LogP contribution in [0.3, 0.4) is 0 Å². The highest BCUT2D eigenvalue weighted by Gasteiger charge is 2.28. The largest absolute Gasteiger partial charge is 0.312 e. The summed E-state index contributed by atoms with van der Waals surface area (Å²) in [5, 5.41) is 3.52. The molecule has 0 saturated heterocycles. The van der Waals surface area contributed by atoms with Gasteiger partial charge in [0.2, 0.25) is 0 Å². The first kappa shape index (κ1) is 12.6. The normalized spacial score (nSPS) is 24.5. The number of rotatable bonds is 3. The van der Waals surface area contributed by atoms with Gasteiger partial charge in [0.1, 0.15) is 0 Å². The van der Waals surface area contributed by atoms with Gasteiger partial charge in [-0.05, 0) is 51.0 Å². The van der Waals surface area contributed by atoms with E-state index in [1.165, 1.54) is 30.4 Å². The van der Waals surface area contributed by atoms with Gasteiger partial charge in [0.15, 0.2) is 0 Å². The van der Waals surface area contributed by atoms with E-state index in [0.717, 1.165) is 6.54 Å². The molecular formula is C15H24N2. The molecule has 2 heteroatoms. The number of likely N-dealkylation sites (N-methyl/N-ethyl adjacent to an activating group) is 2. The van der Waals surface area contributed by atoms with Crippen LogP contribution in [0.2, 0.25) is 0 Å². The second kappa shape index (κ2) is 5.65. The van der Waals surface area contributed by atoms with Gasteiger partial charge in [-0.3, -0.25) is 0 Å². The van der Waals surface area contributed by atoms with Crippen LogP contribution in [0.15, 0.2) is 24.3 Å². The van der Waals surface area contributed by atoms with Gasteiger partial charge in [0.25, 0.3) is 0 Å². The Morgan fingerprint density at radius 1 is 1.35 bits per heavy atom. The Morgan fingerprint density at radius 3 is 2.82 bits per heavy atom. The molecule has 0 aliphatic heterocycles. The summed E-state index contributed by atoms with van der Waals surface area (Å²) < 4.78 is 0. The molecule has 0 bridgehead atoms. The fraction of sp³-hybridized carbons (Fsp3) is 0.600. The second-order valence-corrected chi connectivity index (χ2v) is 5.00. The number of hydrogen-bond donors (Lipinski definition) is 1. The van der Waals surface area contributed by atoms with Crippen molar-refractivity contribution in [2.24, 2.45) is 0 Å².